The monoisotopic (exact) mass is 370 g/mol. The van der Waals surface area contributed by atoms with Gasteiger partial charge in [-0.05, 0) is 97.6 Å². The van der Waals surface area contributed by atoms with Crippen molar-refractivity contribution < 1.29 is 0 Å². The van der Waals surface area contributed by atoms with Gasteiger partial charge in [0.15, 0.2) is 0 Å². The highest BCUT2D eigenvalue weighted by atomic mass is 14.4. The lowest BCUT2D eigenvalue weighted by atomic mass is 9.63. The van der Waals surface area contributed by atoms with Gasteiger partial charge in [0.1, 0.15) is 0 Å². The predicted molar refractivity (Wildman–Crippen MR) is 119 cm³/mol. The molecule has 0 amide bonds. The molecule has 0 aliphatic heterocycles. The van der Waals surface area contributed by atoms with Crippen LogP contribution in [0.5, 0.6) is 0 Å². The molecule has 0 saturated heterocycles. The van der Waals surface area contributed by atoms with Crippen LogP contribution in [0.2, 0.25) is 0 Å². The molecule has 0 heteroatoms. The topological polar surface area (TPSA) is 0 Å². The van der Waals surface area contributed by atoms with E-state index in [1.807, 2.05) is 0 Å². The van der Waals surface area contributed by atoms with E-state index in [4.69, 9.17) is 0 Å². The number of hydrogen-bond donors (Lipinski definition) is 0. The van der Waals surface area contributed by atoms with Crippen LogP contribution in [0.25, 0.3) is 0 Å². The minimum Gasteiger partial charge on any atom is -0.0651 e. The third-order valence-electron chi connectivity index (χ3n) is 7.39. The molecule has 4 unspecified atom stereocenters. The Morgan fingerprint density at radius 3 is 1.96 bits per heavy atom. The lowest BCUT2D eigenvalue weighted by molar-refractivity contribution is 0.116. The maximum absolute atomic E-state index is 3.34. The Kier molecular flexibility index (Phi) is 6.21. The maximum Gasteiger partial charge on any atom is 0.0249 e. The first-order chi connectivity index (χ1) is 13.7. The standard InChI is InChI=1S/C28H34/c1-3-21-5-7-23(8-6-21)9-10-24-12-14-25(15-13-24)27-18-17-26-19-22(4-2)11-16-28(26)20-27/h5-8,12-15,22,26-28H,3-4,11,16-20H2,1-2H3. The lowest BCUT2D eigenvalue weighted by Gasteiger charge is -2.42. The van der Waals surface area contributed by atoms with Crippen LogP contribution in [-0.4, -0.2) is 0 Å². The van der Waals surface area contributed by atoms with Gasteiger partial charge in [-0.3, -0.25) is 0 Å². The van der Waals surface area contributed by atoms with Crippen LogP contribution in [0.1, 0.15) is 87.0 Å². The van der Waals surface area contributed by atoms with Gasteiger partial charge < -0.3 is 0 Å². The molecular formula is C28H34. The molecule has 0 heterocycles. The quantitative estimate of drug-likeness (QED) is 0.495. The van der Waals surface area contributed by atoms with Gasteiger partial charge in [-0.15, -0.1) is 0 Å². The highest BCUT2D eigenvalue weighted by Gasteiger charge is 2.35. The second-order valence-electron chi connectivity index (χ2n) is 9.04. The fourth-order valence-corrected chi connectivity index (χ4v) is 5.47. The molecule has 0 nitrogen and oxygen atoms in total. The second-order valence-corrected chi connectivity index (χ2v) is 9.04. The van der Waals surface area contributed by atoms with Crippen molar-refractivity contribution in [3.8, 4) is 11.8 Å². The van der Waals surface area contributed by atoms with Crippen LogP contribution in [0.15, 0.2) is 48.5 Å². The van der Waals surface area contributed by atoms with Crippen LogP contribution < -0.4 is 0 Å². The van der Waals surface area contributed by atoms with Crippen LogP contribution >= 0.6 is 0 Å². The number of hydrogen-bond acceptors (Lipinski definition) is 0. The van der Waals surface area contributed by atoms with Gasteiger partial charge in [-0.2, -0.15) is 0 Å². The maximum atomic E-state index is 3.34. The SMILES string of the molecule is CCc1ccc(C#Cc2ccc(C3CCC4CC(CC)CCC4C3)cc2)cc1. The summed E-state index contributed by atoms with van der Waals surface area (Å²) >= 11 is 0. The molecule has 4 rings (SSSR count). The molecular weight excluding hydrogens is 336 g/mol. The van der Waals surface area contributed by atoms with E-state index in [1.54, 1.807) is 0 Å². The molecule has 0 radical (unpaired) electrons. The molecule has 2 aromatic carbocycles. The first kappa shape index (κ1) is 19.3. The number of aryl methyl sites for hydroxylation is 1. The van der Waals surface area contributed by atoms with Crippen molar-refractivity contribution in [2.75, 3.05) is 0 Å². The minimum atomic E-state index is 0.767. The second kappa shape index (κ2) is 9.00. The van der Waals surface area contributed by atoms with Crippen molar-refractivity contribution in [2.45, 2.75) is 71.1 Å². The molecule has 2 aliphatic carbocycles. The summed E-state index contributed by atoms with van der Waals surface area (Å²) in [5.74, 6) is 10.4. The summed E-state index contributed by atoms with van der Waals surface area (Å²) in [6, 6.07) is 17.7. The smallest absolute Gasteiger partial charge is 0.0249 e. The zero-order chi connectivity index (χ0) is 19.3. The number of benzene rings is 2. The van der Waals surface area contributed by atoms with Gasteiger partial charge in [-0.1, -0.05) is 62.8 Å². The molecule has 0 bridgehead atoms. The Bertz CT molecular complexity index is 815. The average molecular weight is 371 g/mol. The van der Waals surface area contributed by atoms with E-state index in [0.29, 0.717) is 0 Å². The molecule has 0 aromatic heterocycles. The van der Waals surface area contributed by atoms with Crippen molar-refractivity contribution in [1.29, 1.82) is 0 Å². The summed E-state index contributed by atoms with van der Waals surface area (Å²) in [7, 11) is 0. The molecule has 2 aromatic rings. The van der Waals surface area contributed by atoms with Crippen molar-refractivity contribution in [3.05, 3.63) is 70.8 Å². The minimum absolute atomic E-state index is 0.767. The summed E-state index contributed by atoms with van der Waals surface area (Å²) in [6.07, 6.45) is 11.2. The van der Waals surface area contributed by atoms with Crippen molar-refractivity contribution in [3.63, 3.8) is 0 Å². The fourth-order valence-electron chi connectivity index (χ4n) is 5.47. The van der Waals surface area contributed by atoms with E-state index in [0.717, 1.165) is 41.2 Å². The van der Waals surface area contributed by atoms with Crippen LogP contribution in [-0.2, 0) is 6.42 Å². The molecule has 4 atom stereocenters. The summed E-state index contributed by atoms with van der Waals surface area (Å²) in [6.45, 7) is 4.56. The summed E-state index contributed by atoms with van der Waals surface area (Å²) in [4.78, 5) is 0. The highest BCUT2D eigenvalue weighted by molar-refractivity contribution is 5.44. The first-order valence-electron chi connectivity index (χ1n) is 11.5. The Hall–Kier alpha value is -2.00. The van der Waals surface area contributed by atoms with E-state index in [-0.39, 0.29) is 0 Å². The Balaban J connectivity index is 1.38. The zero-order valence-corrected chi connectivity index (χ0v) is 17.6. The number of rotatable bonds is 3. The normalized spacial score (nSPS) is 26.8. The van der Waals surface area contributed by atoms with Crippen LogP contribution in [0, 0.1) is 29.6 Å². The molecule has 0 N–H and O–H groups in total. The predicted octanol–water partition coefficient (Wildman–Crippen LogP) is 7.36. The van der Waals surface area contributed by atoms with Crippen LogP contribution in [0.4, 0.5) is 0 Å². The van der Waals surface area contributed by atoms with Crippen molar-refractivity contribution >= 4 is 0 Å². The molecule has 2 fully saturated rings. The van der Waals surface area contributed by atoms with Gasteiger partial charge in [0.2, 0.25) is 0 Å². The average Bonchev–Trinajstić information content (AvgIpc) is 2.77. The Morgan fingerprint density at radius 2 is 1.32 bits per heavy atom. The van der Waals surface area contributed by atoms with Crippen molar-refractivity contribution in [2.24, 2.45) is 17.8 Å². The van der Waals surface area contributed by atoms with E-state index in [9.17, 15) is 0 Å². The largest absolute Gasteiger partial charge is 0.0651 e. The zero-order valence-electron chi connectivity index (χ0n) is 17.6. The van der Waals surface area contributed by atoms with E-state index >= 15 is 0 Å². The van der Waals surface area contributed by atoms with E-state index in [1.165, 1.54) is 56.1 Å². The van der Waals surface area contributed by atoms with E-state index < -0.39 is 0 Å². The molecule has 28 heavy (non-hydrogen) atoms. The van der Waals surface area contributed by atoms with Gasteiger partial charge in [0.05, 0.1) is 0 Å². The van der Waals surface area contributed by atoms with E-state index in [2.05, 4.69) is 74.2 Å². The van der Waals surface area contributed by atoms with Gasteiger partial charge in [0, 0.05) is 11.1 Å². The van der Waals surface area contributed by atoms with Gasteiger partial charge in [-0.25, -0.2) is 0 Å². The lowest BCUT2D eigenvalue weighted by Crippen LogP contribution is -2.30. The molecule has 2 aliphatic rings. The first-order valence-corrected chi connectivity index (χ1v) is 11.5. The Morgan fingerprint density at radius 1 is 0.714 bits per heavy atom. The molecule has 2 saturated carbocycles. The Labute approximate surface area is 171 Å². The number of fused-ring (bicyclic) bond motifs is 1. The highest BCUT2D eigenvalue weighted by Crippen LogP contribution is 2.48. The molecule has 0 spiro atoms. The summed E-state index contributed by atoms with van der Waals surface area (Å²) < 4.78 is 0. The summed E-state index contributed by atoms with van der Waals surface area (Å²) in [5, 5.41) is 0. The summed E-state index contributed by atoms with van der Waals surface area (Å²) in [5.41, 5.74) is 5.13. The van der Waals surface area contributed by atoms with Crippen LogP contribution in [0.3, 0.4) is 0 Å². The third-order valence-corrected chi connectivity index (χ3v) is 7.39. The van der Waals surface area contributed by atoms with Gasteiger partial charge >= 0.3 is 0 Å². The van der Waals surface area contributed by atoms with Crippen molar-refractivity contribution in [1.82, 2.24) is 0 Å². The van der Waals surface area contributed by atoms with Gasteiger partial charge in [0.25, 0.3) is 0 Å². The third kappa shape index (κ3) is 4.52. The fraction of sp³-hybridized carbons (Fsp3) is 0.500. The molecule has 146 valence electrons.